The zero-order chi connectivity index (χ0) is 18.5. The Morgan fingerprint density at radius 1 is 1.00 bits per heavy atom. The summed E-state index contributed by atoms with van der Waals surface area (Å²) in [5.74, 6) is -0.530. The maximum absolute atomic E-state index is 14.5. The number of halogens is 4. The quantitative estimate of drug-likeness (QED) is 0.490. The van der Waals surface area contributed by atoms with E-state index in [1.165, 1.54) is 12.5 Å². The van der Waals surface area contributed by atoms with Gasteiger partial charge in [-0.05, 0) is 19.2 Å². The number of fused-ring (bicyclic) bond motifs is 3. The van der Waals surface area contributed by atoms with Crippen molar-refractivity contribution < 1.29 is 17.6 Å². The Kier molecular flexibility index (Phi) is 3.91. The first kappa shape index (κ1) is 16.9. The van der Waals surface area contributed by atoms with Crippen molar-refractivity contribution in [2.45, 2.75) is 6.18 Å². The highest BCUT2D eigenvalue weighted by Gasteiger charge is 2.32. The van der Waals surface area contributed by atoms with E-state index in [9.17, 15) is 17.6 Å². The summed E-state index contributed by atoms with van der Waals surface area (Å²) in [4.78, 5) is 16.6. The molecule has 0 amide bonds. The van der Waals surface area contributed by atoms with Crippen molar-refractivity contribution in [3.8, 4) is 0 Å². The number of aromatic nitrogens is 3. The molecule has 0 unspecified atom stereocenters. The van der Waals surface area contributed by atoms with Crippen molar-refractivity contribution in [3.63, 3.8) is 0 Å². The second kappa shape index (κ2) is 6.01. The van der Waals surface area contributed by atoms with Crippen molar-refractivity contribution in [1.29, 1.82) is 0 Å². The van der Waals surface area contributed by atoms with Gasteiger partial charge >= 0.3 is 6.18 Å². The Morgan fingerprint density at radius 2 is 1.73 bits per heavy atom. The van der Waals surface area contributed by atoms with Gasteiger partial charge in [0.2, 0.25) is 0 Å². The molecular formula is C17H15F4N5. The number of anilines is 1. The molecule has 1 saturated heterocycles. The van der Waals surface area contributed by atoms with Crippen LogP contribution in [0.4, 0.5) is 23.4 Å². The van der Waals surface area contributed by atoms with E-state index in [0.717, 1.165) is 19.2 Å². The Morgan fingerprint density at radius 3 is 2.42 bits per heavy atom. The SMILES string of the molecule is CN1CCN(c2nc3c(F)cc(C(F)(F)F)cc3c3cncnc23)CC1. The third-order valence-electron chi connectivity index (χ3n) is 4.63. The van der Waals surface area contributed by atoms with Crippen LogP contribution < -0.4 is 4.90 Å². The molecule has 3 heterocycles. The normalized spacial score (nSPS) is 16.6. The maximum atomic E-state index is 14.5. The summed E-state index contributed by atoms with van der Waals surface area (Å²) in [6, 6.07) is 1.39. The molecule has 0 radical (unpaired) electrons. The predicted molar refractivity (Wildman–Crippen MR) is 89.5 cm³/mol. The van der Waals surface area contributed by atoms with Crippen LogP contribution in [0.3, 0.4) is 0 Å². The van der Waals surface area contributed by atoms with Crippen molar-refractivity contribution in [1.82, 2.24) is 19.9 Å². The molecule has 136 valence electrons. The number of nitrogens with zero attached hydrogens (tertiary/aromatic N) is 5. The molecule has 1 aliphatic heterocycles. The number of rotatable bonds is 1. The van der Waals surface area contributed by atoms with Gasteiger partial charge in [-0.15, -0.1) is 0 Å². The molecule has 1 fully saturated rings. The molecule has 0 bridgehead atoms. The van der Waals surface area contributed by atoms with E-state index in [-0.39, 0.29) is 10.9 Å². The molecule has 4 rings (SSSR count). The monoisotopic (exact) mass is 365 g/mol. The zero-order valence-corrected chi connectivity index (χ0v) is 13.9. The van der Waals surface area contributed by atoms with Crippen LogP contribution >= 0.6 is 0 Å². The van der Waals surface area contributed by atoms with Crippen LogP contribution in [0, 0.1) is 5.82 Å². The molecule has 0 saturated carbocycles. The van der Waals surface area contributed by atoms with E-state index in [2.05, 4.69) is 19.9 Å². The van der Waals surface area contributed by atoms with Gasteiger partial charge < -0.3 is 9.80 Å². The molecule has 0 N–H and O–H groups in total. The Labute approximate surface area is 146 Å². The number of likely N-dealkylation sites (N-methyl/N-ethyl adjacent to an activating group) is 1. The van der Waals surface area contributed by atoms with E-state index in [1.54, 1.807) is 0 Å². The Hall–Kier alpha value is -2.55. The third kappa shape index (κ3) is 2.82. The Balaban J connectivity index is 1.98. The number of pyridine rings is 1. The summed E-state index contributed by atoms with van der Waals surface area (Å²) in [5, 5.41) is 0.419. The summed E-state index contributed by atoms with van der Waals surface area (Å²) in [5.41, 5.74) is -0.730. The fraction of sp³-hybridized carbons (Fsp3) is 0.353. The number of piperazine rings is 1. The average molecular weight is 365 g/mol. The average Bonchev–Trinajstić information content (AvgIpc) is 2.61. The number of hydrogen-bond acceptors (Lipinski definition) is 5. The number of benzene rings is 1. The van der Waals surface area contributed by atoms with E-state index in [4.69, 9.17) is 0 Å². The lowest BCUT2D eigenvalue weighted by molar-refractivity contribution is -0.137. The maximum Gasteiger partial charge on any atom is 0.416 e. The highest BCUT2D eigenvalue weighted by atomic mass is 19.4. The lowest BCUT2D eigenvalue weighted by Crippen LogP contribution is -2.45. The molecule has 5 nitrogen and oxygen atoms in total. The fourth-order valence-electron chi connectivity index (χ4n) is 3.18. The summed E-state index contributed by atoms with van der Waals surface area (Å²) in [6.07, 6.45) is -1.92. The van der Waals surface area contributed by atoms with Gasteiger partial charge in [-0.2, -0.15) is 13.2 Å². The third-order valence-corrected chi connectivity index (χ3v) is 4.63. The molecule has 3 aromatic rings. The van der Waals surface area contributed by atoms with Crippen LogP contribution in [-0.4, -0.2) is 53.1 Å². The lowest BCUT2D eigenvalue weighted by atomic mass is 10.1. The molecule has 9 heteroatoms. The minimum Gasteiger partial charge on any atom is -0.352 e. The molecule has 26 heavy (non-hydrogen) atoms. The summed E-state index contributed by atoms with van der Waals surface area (Å²) in [6.45, 7) is 2.97. The molecule has 0 aliphatic carbocycles. The first-order valence-corrected chi connectivity index (χ1v) is 8.08. The highest BCUT2D eigenvalue weighted by Crippen LogP contribution is 2.36. The van der Waals surface area contributed by atoms with Crippen molar-refractivity contribution in [2.75, 3.05) is 38.1 Å². The van der Waals surface area contributed by atoms with E-state index in [1.807, 2.05) is 11.9 Å². The predicted octanol–water partition coefficient (Wildman–Crippen LogP) is 3.09. The molecule has 1 aromatic carbocycles. The summed E-state index contributed by atoms with van der Waals surface area (Å²) in [7, 11) is 2.00. The van der Waals surface area contributed by atoms with Crippen LogP contribution in [0.15, 0.2) is 24.7 Å². The second-order valence-corrected chi connectivity index (χ2v) is 6.36. The van der Waals surface area contributed by atoms with Gasteiger partial charge in [0.05, 0.1) is 5.56 Å². The molecule has 0 spiro atoms. The van der Waals surface area contributed by atoms with Crippen LogP contribution in [0.2, 0.25) is 0 Å². The van der Waals surface area contributed by atoms with Gasteiger partial charge in [0.25, 0.3) is 0 Å². The van der Waals surface area contributed by atoms with Gasteiger partial charge in [0.1, 0.15) is 23.2 Å². The second-order valence-electron chi connectivity index (χ2n) is 6.36. The molecule has 0 atom stereocenters. The smallest absolute Gasteiger partial charge is 0.352 e. The molecule has 1 aliphatic rings. The van der Waals surface area contributed by atoms with Crippen LogP contribution in [0.5, 0.6) is 0 Å². The number of hydrogen-bond donors (Lipinski definition) is 0. The molecular weight excluding hydrogens is 350 g/mol. The summed E-state index contributed by atoms with van der Waals surface area (Å²) >= 11 is 0. The van der Waals surface area contributed by atoms with E-state index >= 15 is 0 Å². The highest BCUT2D eigenvalue weighted by molar-refractivity contribution is 6.08. The molecule has 2 aromatic heterocycles. The lowest BCUT2D eigenvalue weighted by Gasteiger charge is -2.33. The van der Waals surface area contributed by atoms with Gasteiger partial charge in [-0.3, -0.25) is 0 Å². The van der Waals surface area contributed by atoms with Gasteiger partial charge in [0.15, 0.2) is 5.82 Å². The van der Waals surface area contributed by atoms with Crippen LogP contribution in [0.1, 0.15) is 5.56 Å². The first-order chi connectivity index (χ1) is 12.3. The van der Waals surface area contributed by atoms with Gasteiger partial charge in [-0.25, -0.2) is 19.3 Å². The Bertz CT molecular complexity index is 980. The van der Waals surface area contributed by atoms with Crippen molar-refractivity contribution in [3.05, 3.63) is 36.0 Å². The van der Waals surface area contributed by atoms with Crippen molar-refractivity contribution in [2.24, 2.45) is 0 Å². The fourth-order valence-corrected chi connectivity index (χ4v) is 3.18. The minimum atomic E-state index is -4.65. The van der Waals surface area contributed by atoms with Crippen molar-refractivity contribution >= 4 is 27.6 Å². The standard InChI is InChI=1S/C17H15F4N5/c1-25-2-4-26(5-3-25)16-15-12(8-22-9-23-15)11-6-10(17(19,20)21)7-13(18)14(11)24-16/h6-9H,2-5H2,1H3. The topological polar surface area (TPSA) is 45.2 Å². The van der Waals surface area contributed by atoms with Gasteiger partial charge in [-0.1, -0.05) is 0 Å². The summed E-state index contributed by atoms with van der Waals surface area (Å²) < 4.78 is 53.7. The van der Waals surface area contributed by atoms with Gasteiger partial charge in [0, 0.05) is 43.1 Å². The minimum absolute atomic E-state index is 0.0609. The largest absolute Gasteiger partial charge is 0.416 e. The first-order valence-electron chi connectivity index (χ1n) is 8.08. The van der Waals surface area contributed by atoms with Crippen LogP contribution in [-0.2, 0) is 6.18 Å². The van der Waals surface area contributed by atoms with Crippen LogP contribution in [0.25, 0.3) is 21.8 Å². The van der Waals surface area contributed by atoms with E-state index < -0.39 is 17.6 Å². The zero-order valence-electron chi connectivity index (χ0n) is 13.9. The van der Waals surface area contributed by atoms with E-state index in [0.29, 0.717) is 35.9 Å². The number of alkyl halides is 3.